The smallest absolute Gasteiger partial charge is 0.198 e. The van der Waals surface area contributed by atoms with Crippen LogP contribution in [0.3, 0.4) is 0 Å². The van der Waals surface area contributed by atoms with Crippen LogP contribution in [0.5, 0.6) is 0 Å². The van der Waals surface area contributed by atoms with Gasteiger partial charge in [-0.3, -0.25) is 0 Å². The van der Waals surface area contributed by atoms with E-state index in [1.54, 1.807) is 6.26 Å². The largest absolute Gasteiger partial charge is 0.448 e. The summed E-state index contributed by atoms with van der Waals surface area (Å²) < 4.78 is 5.30. The Morgan fingerprint density at radius 3 is 2.60 bits per heavy atom. The predicted molar refractivity (Wildman–Crippen MR) is 58.4 cm³/mol. The average molecular weight is 202 g/mol. The molecular formula is C12H14N2O. The molecule has 2 aromatic rings. The van der Waals surface area contributed by atoms with Crippen LogP contribution in [0.15, 0.2) is 34.9 Å². The van der Waals surface area contributed by atoms with Crippen LogP contribution in [-0.2, 0) is 13.0 Å². The van der Waals surface area contributed by atoms with Crippen molar-refractivity contribution in [3.8, 4) is 0 Å². The molecule has 2 rings (SSSR count). The van der Waals surface area contributed by atoms with E-state index >= 15 is 0 Å². The van der Waals surface area contributed by atoms with Gasteiger partial charge in [0.15, 0.2) is 5.89 Å². The third-order valence-electron chi connectivity index (χ3n) is 2.28. The second kappa shape index (κ2) is 4.28. The first-order chi connectivity index (χ1) is 7.28. The monoisotopic (exact) mass is 202 g/mol. The Bertz CT molecular complexity index is 431. The topological polar surface area (TPSA) is 52.0 Å². The number of hydrogen-bond donors (Lipinski definition) is 1. The van der Waals surface area contributed by atoms with Crippen molar-refractivity contribution in [3.05, 3.63) is 53.2 Å². The molecule has 0 atom stereocenters. The molecule has 0 radical (unpaired) electrons. The van der Waals surface area contributed by atoms with E-state index in [1.807, 2.05) is 0 Å². The number of hydrogen-bond acceptors (Lipinski definition) is 3. The zero-order chi connectivity index (χ0) is 10.7. The Kier molecular flexibility index (Phi) is 2.83. The number of oxazole rings is 1. The molecule has 1 aromatic heterocycles. The van der Waals surface area contributed by atoms with Crippen LogP contribution in [0.2, 0.25) is 0 Å². The van der Waals surface area contributed by atoms with E-state index in [0.717, 1.165) is 18.0 Å². The maximum atomic E-state index is 5.45. The van der Waals surface area contributed by atoms with Gasteiger partial charge in [0, 0.05) is 13.0 Å². The molecule has 0 bridgehead atoms. The summed E-state index contributed by atoms with van der Waals surface area (Å²) in [4.78, 5) is 4.25. The highest BCUT2D eigenvalue weighted by Gasteiger charge is 2.03. The van der Waals surface area contributed by atoms with E-state index in [-0.39, 0.29) is 0 Å². The van der Waals surface area contributed by atoms with E-state index in [0.29, 0.717) is 6.54 Å². The van der Waals surface area contributed by atoms with Gasteiger partial charge in [-0.15, -0.1) is 0 Å². The van der Waals surface area contributed by atoms with Crippen LogP contribution in [0.1, 0.15) is 22.7 Å². The number of benzene rings is 1. The van der Waals surface area contributed by atoms with E-state index < -0.39 is 0 Å². The summed E-state index contributed by atoms with van der Waals surface area (Å²) in [5, 5.41) is 0. The van der Waals surface area contributed by atoms with Crippen LogP contribution in [0.4, 0.5) is 0 Å². The quantitative estimate of drug-likeness (QED) is 0.828. The van der Waals surface area contributed by atoms with Gasteiger partial charge < -0.3 is 10.2 Å². The maximum absolute atomic E-state index is 5.45. The van der Waals surface area contributed by atoms with Gasteiger partial charge in [0.05, 0.1) is 5.69 Å². The van der Waals surface area contributed by atoms with Crippen molar-refractivity contribution in [2.24, 2.45) is 5.73 Å². The average Bonchev–Trinajstić information content (AvgIpc) is 2.69. The second-order valence-electron chi connectivity index (χ2n) is 3.60. The first kappa shape index (κ1) is 9.93. The molecule has 1 heterocycles. The summed E-state index contributed by atoms with van der Waals surface area (Å²) in [6.07, 6.45) is 2.34. The maximum Gasteiger partial charge on any atom is 0.198 e. The summed E-state index contributed by atoms with van der Waals surface area (Å²) in [6.45, 7) is 2.50. The molecule has 0 aliphatic carbocycles. The summed E-state index contributed by atoms with van der Waals surface area (Å²) in [6, 6.07) is 8.34. The molecule has 0 saturated heterocycles. The highest BCUT2D eigenvalue weighted by Crippen LogP contribution is 2.10. The first-order valence-electron chi connectivity index (χ1n) is 4.97. The molecule has 0 aliphatic heterocycles. The van der Waals surface area contributed by atoms with Gasteiger partial charge in [0.25, 0.3) is 0 Å². The minimum Gasteiger partial charge on any atom is -0.448 e. The second-order valence-corrected chi connectivity index (χ2v) is 3.60. The molecule has 3 heteroatoms. The van der Waals surface area contributed by atoms with Gasteiger partial charge in [0.1, 0.15) is 6.26 Å². The molecule has 3 nitrogen and oxygen atoms in total. The van der Waals surface area contributed by atoms with E-state index in [1.165, 1.54) is 11.1 Å². The molecule has 0 spiro atoms. The molecule has 0 unspecified atom stereocenters. The number of nitrogens with zero attached hydrogens (tertiary/aromatic N) is 1. The third-order valence-corrected chi connectivity index (χ3v) is 2.28. The van der Waals surface area contributed by atoms with Gasteiger partial charge in [-0.25, -0.2) is 4.98 Å². The fraction of sp³-hybridized carbons (Fsp3) is 0.250. The molecule has 0 fully saturated rings. The molecule has 1 aromatic carbocycles. The molecule has 2 N–H and O–H groups in total. The number of nitrogens with two attached hydrogens (primary N) is 1. The van der Waals surface area contributed by atoms with Gasteiger partial charge in [-0.1, -0.05) is 29.8 Å². The Morgan fingerprint density at radius 2 is 2.00 bits per heavy atom. The van der Waals surface area contributed by atoms with Crippen molar-refractivity contribution in [3.63, 3.8) is 0 Å². The van der Waals surface area contributed by atoms with Crippen molar-refractivity contribution < 1.29 is 4.42 Å². The van der Waals surface area contributed by atoms with Crippen molar-refractivity contribution in [2.45, 2.75) is 19.9 Å². The van der Waals surface area contributed by atoms with Crippen LogP contribution in [0.25, 0.3) is 0 Å². The molecular weight excluding hydrogens is 188 g/mol. The summed E-state index contributed by atoms with van der Waals surface area (Å²) >= 11 is 0. The van der Waals surface area contributed by atoms with Crippen molar-refractivity contribution in [1.29, 1.82) is 0 Å². The Hall–Kier alpha value is -1.61. The predicted octanol–water partition coefficient (Wildman–Crippen LogP) is 2.03. The van der Waals surface area contributed by atoms with Crippen molar-refractivity contribution in [2.75, 3.05) is 0 Å². The van der Waals surface area contributed by atoms with Gasteiger partial charge in [-0.05, 0) is 12.5 Å². The van der Waals surface area contributed by atoms with Crippen molar-refractivity contribution in [1.82, 2.24) is 4.98 Å². The van der Waals surface area contributed by atoms with Gasteiger partial charge in [-0.2, -0.15) is 0 Å². The van der Waals surface area contributed by atoms with Gasteiger partial charge >= 0.3 is 0 Å². The lowest BCUT2D eigenvalue weighted by molar-refractivity contribution is 0.506. The van der Waals surface area contributed by atoms with Gasteiger partial charge in [0.2, 0.25) is 0 Å². The molecule has 0 saturated carbocycles. The molecule has 78 valence electrons. The zero-order valence-corrected chi connectivity index (χ0v) is 8.73. The highest BCUT2D eigenvalue weighted by atomic mass is 16.3. The highest BCUT2D eigenvalue weighted by molar-refractivity contribution is 5.23. The van der Waals surface area contributed by atoms with E-state index in [2.05, 4.69) is 36.2 Å². The summed E-state index contributed by atoms with van der Waals surface area (Å²) in [5.41, 5.74) is 8.71. The fourth-order valence-electron chi connectivity index (χ4n) is 1.40. The van der Waals surface area contributed by atoms with E-state index in [9.17, 15) is 0 Å². The van der Waals surface area contributed by atoms with Crippen LogP contribution in [-0.4, -0.2) is 4.98 Å². The Morgan fingerprint density at radius 1 is 1.27 bits per heavy atom. The van der Waals surface area contributed by atoms with E-state index in [4.69, 9.17) is 10.2 Å². The van der Waals surface area contributed by atoms with Crippen LogP contribution < -0.4 is 5.73 Å². The van der Waals surface area contributed by atoms with Crippen LogP contribution in [0, 0.1) is 6.92 Å². The Labute approximate surface area is 88.9 Å². The molecule has 15 heavy (non-hydrogen) atoms. The fourth-order valence-corrected chi connectivity index (χ4v) is 1.40. The van der Waals surface area contributed by atoms with Crippen LogP contribution >= 0.6 is 0 Å². The number of aromatic nitrogens is 1. The Balaban J connectivity index is 2.11. The SMILES string of the molecule is Cc1ccc(Cc2nc(CN)co2)cc1. The summed E-state index contributed by atoms with van der Waals surface area (Å²) in [5.74, 6) is 0.722. The molecule has 0 aliphatic rings. The lowest BCUT2D eigenvalue weighted by Gasteiger charge is -1.97. The lowest BCUT2D eigenvalue weighted by atomic mass is 10.1. The lowest BCUT2D eigenvalue weighted by Crippen LogP contribution is -1.96. The minimum atomic E-state index is 0.428. The first-order valence-corrected chi connectivity index (χ1v) is 4.97. The zero-order valence-electron chi connectivity index (χ0n) is 8.73. The number of aryl methyl sites for hydroxylation is 1. The molecule has 0 amide bonds. The standard InChI is InChI=1S/C12H14N2O/c1-9-2-4-10(5-3-9)6-12-14-11(7-13)8-15-12/h2-5,8H,6-7,13H2,1H3. The normalized spacial score (nSPS) is 10.5. The summed E-state index contributed by atoms with van der Waals surface area (Å²) in [7, 11) is 0. The third kappa shape index (κ3) is 2.44. The number of rotatable bonds is 3. The van der Waals surface area contributed by atoms with Crippen molar-refractivity contribution >= 4 is 0 Å². The minimum absolute atomic E-state index is 0.428.